The van der Waals surface area contributed by atoms with Crippen LogP contribution < -0.4 is 19.0 Å². The predicted octanol–water partition coefficient (Wildman–Crippen LogP) is 3.85. The summed E-state index contributed by atoms with van der Waals surface area (Å²) in [5, 5.41) is 0.754. The molecule has 2 aromatic carbocycles. The molecule has 7 nitrogen and oxygen atoms in total. The average molecular weight is 422 g/mol. The lowest BCUT2D eigenvalue weighted by Crippen LogP contribution is -2.16. The first kappa shape index (κ1) is 19.6. The minimum absolute atomic E-state index is 0.109. The van der Waals surface area contributed by atoms with Gasteiger partial charge in [-0.1, -0.05) is 29.4 Å². The molecule has 0 atom stereocenters. The van der Waals surface area contributed by atoms with Gasteiger partial charge in [0.2, 0.25) is 0 Å². The molecule has 2 heterocycles. The predicted molar refractivity (Wildman–Crippen MR) is 114 cm³/mol. The molecule has 152 valence electrons. The normalized spacial score (nSPS) is 11.6. The van der Waals surface area contributed by atoms with Gasteiger partial charge in [0, 0.05) is 5.39 Å². The maximum atomic E-state index is 12.9. The third kappa shape index (κ3) is 3.19. The van der Waals surface area contributed by atoms with Crippen molar-refractivity contribution in [3.8, 4) is 29.6 Å². The summed E-state index contributed by atoms with van der Waals surface area (Å²) in [6.45, 7) is 0.212. The number of benzene rings is 2. The second-order valence-corrected chi connectivity index (χ2v) is 7.21. The number of hydrogen-bond acceptors (Lipinski definition) is 6. The van der Waals surface area contributed by atoms with Crippen LogP contribution in [0.4, 0.5) is 0 Å². The summed E-state index contributed by atoms with van der Waals surface area (Å²) in [6, 6.07) is 10.7. The summed E-state index contributed by atoms with van der Waals surface area (Å²) in [7, 11) is 4.70. The number of carbonyl (C=O) groups excluding carboxylic acids is 1. The molecule has 4 aromatic rings. The Morgan fingerprint density at radius 2 is 1.87 bits per heavy atom. The summed E-state index contributed by atoms with van der Waals surface area (Å²) >= 11 is 1.29. The summed E-state index contributed by atoms with van der Waals surface area (Å²) in [6.07, 6.45) is 5.57. The fourth-order valence-corrected chi connectivity index (χ4v) is 4.36. The van der Waals surface area contributed by atoms with Crippen LogP contribution in [-0.4, -0.2) is 31.8 Å². The fraction of sp³-hybridized carbons (Fsp3) is 0.182. The van der Waals surface area contributed by atoms with E-state index in [2.05, 4.69) is 10.9 Å². The molecule has 8 heteroatoms. The summed E-state index contributed by atoms with van der Waals surface area (Å²) in [5.41, 5.74) is 1.22. The molecule has 30 heavy (non-hydrogen) atoms. The topological polar surface area (TPSA) is 75.2 Å². The number of thiazole rings is 1. The Morgan fingerprint density at radius 3 is 2.57 bits per heavy atom. The van der Waals surface area contributed by atoms with Crippen LogP contribution >= 0.6 is 11.3 Å². The minimum atomic E-state index is -0.525. The molecule has 0 aliphatic heterocycles. The molecular weight excluding hydrogens is 404 g/mol. The molecule has 0 aliphatic carbocycles. The number of furan rings is 1. The number of terminal acetylenes is 1. The molecule has 0 radical (unpaired) electrons. The number of methoxy groups -OCH3 is 3. The number of carbonyl (C=O) groups is 1. The SMILES string of the molecule is C#CCn1c(=NC(=O)c2cc3cccc(OC)c3o2)sc2c(OC)ccc(OC)c21. The molecule has 0 unspecified atom stereocenters. The zero-order valence-electron chi connectivity index (χ0n) is 16.6. The van der Waals surface area contributed by atoms with Gasteiger partial charge in [0.05, 0.1) is 27.9 Å². The van der Waals surface area contributed by atoms with Crippen molar-refractivity contribution >= 4 is 38.4 Å². The van der Waals surface area contributed by atoms with Crippen LogP contribution in [0.5, 0.6) is 17.2 Å². The molecule has 1 amide bonds. The van der Waals surface area contributed by atoms with Crippen molar-refractivity contribution in [2.24, 2.45) is 4.99 Å². The van der Waals surface area contributed by atoms with Crippen molar-refractivity contribution in [3.63, 3.8) is 0 Å². The highest BCUT2D eigenvalue weighted by atomic mass is 32.1. The number of nitrogens with zero attached hydrogens (tertiary/aromatic N) is 2. The largest absolute Gasteiger partial charge is 0.495 e. The van der Waals surface area contributed by atoms with Gasteiger partial charge in [-0.2, -0.15) is 4.99 Å². The maximum absolute atomic E-state index is 12.9. The highest BCUT2D eigenvalue weighted by Gasteiger charge is 2.18. The zero-order chi connectivity index (χ0) is 21.3. The van der Waals surface area contributed by atoms with Crippen LogP contribution in [-0.2, 0) is 6.54 Å². The van der Waals surface area contributed by atoms with Gasteiger partial charge in [0.15, 0.2) is 21.9 Å². The molecule has 0 aliphatic rings. The van der Waals surface area contributed by atoms with E-state index < -0.39 is 5.91 Å². The van der Waals surface area contributed by atoms with Crippen molar-refractivity contribution in [1.82, 2.24) is 4.57 Å². The summed E-state index contributed by atoms with van der Waals surface area (Å²) < 4.78 is 24.5. The van der Waals surface area contributed by atoms with E-state index in [-0.39, 0.29) is 12.3 Å². The van der Waals surface area contributed by atoms with Crippen molar-refractivity contribution in [2.75, 3.05) is 21.3 Å². The molecule has 0 saturated heterocycles. The van der Waals surface area contributed by atoms with E-state index in [0.717, 1.165) is 15.6 Å². The lowest BCUT2D eigenvalue weighted by atomic mass is 10.2. The molecule has 2 aromatic heterocycles. The summed E-state index contributed by atoms with van der Waals surface area (Å²) in [5.74, 6) is 3.99. The first-order valence-corrected chi connectivity index (χ1v) is 9.76. The van der Waals surface area contributed by atoms with Crippen LogP contribution in [0, 0.1) is 12.3 Å². The Morgan fingerprint density at radius 1 is 1.13 bits per heavy atom. The maximum Gasteiger partial charge on any atom is 0.315 e. The third-order valence-corrected chi connectivity index (χ3v) is 5.67. The molecule has 4 rings (SSSR count). The number of hydrogen-bond donors (Lipinski definition) is 0. The van der Waals surface area contributed by atoms with Gasteiger partial charge >= 0.3 is 5.91 Å². The fourth-order valence-electron chi connectivity index (χ4n) is 3.22. The van der Waals surface area contributed by atoms with E-state index in [0.29, 0.717) is 27.6 Å². The number of para-hydroxylation sites is 1. The van der Waals surface area contributed by atoms with Gasteiger partial charge in [0.25, 0.3) is 0 Å². The Hall–Kier alpha value is -3.70. The van der Waals surface area contributed by atoms with E-state index in [1.54, 1.807) is 50.2 Å². The van der Waals surface area contributed by atoms with E-state index >= 15 is 0 Å². The van der Waals surface area contributed by atoms with Gasteiger partial charge in [-0.25, -0.2) is 0 Å². The van der Waals surface area contributed by atoms with Gasteiger partial charge in [0.1, 0.15) is 21.7 Å². The van der Waals surface area contributed by atoms with E-state index in [1.165, 1.54) is 11.3 Å². The van der Waals surface area contributed by atoms with E-state index in [9.17, 15) is 4.79 Å². The number of ether oxygens (including phenoxy) is 3. The van der Waals surface area contributed by atoms with Crippen LogP contribution in [0.25, 0.3) is 21.2 Å². The first-order valence-electron chi connectivity index (χ1n) is 8.94. The molecule has 0 fully saturated rings. The average Bonchev–Trinajstić information content (AvgIpc) is 3.35. The van der Waals surface area contributed by atoms with Crippen molar-refractivity contribution in [3.05, 3.63) is 47.0 Å². The van der Waals surface area contributed by atoms with Crippen LogP contribution in [0.15, 0.2) is 45.8 Å². The molecular formula is C22H18N2O5S. The van der Waals surface area contributed by atoms with E-state index in [4.69, 9.17) is 25.1 Å². The van der Waals surface area contributed by atoms with Crippen molar-refractivity contribution < 1.29 is 23.4 Å². The minimum Gasteiger partial charge on any atom is -0.495 e. The van der Waals surface area contributed by atoms with Crippen LogP contribution in [0.1, 0.15) is 10.6 Å². The Kier molecular flexibility index (Phi) is 5.21. The van der Waals surface area contributed by atoms with Gasteiger partial charge in [-0.15, -0.1) is 6.42 Å². The monoisotopic (exact) mass is 422 g/mol. The lowest BCUT2D eigenvalue weighted by Gasteiger charge is -2.08. The quantitative estimate of drug-likeness (QED) is 0.457. The second kappa shape index (κ2) is 7.97. The van der Waals surface area contributed by atoms with Gasteiger partial charge in [-0.05, 0) is 24.3 Å². The van der Waals surface area contributed by atoms with Crippen LogP contribution in [0.2, 0.25) is 0 Å². The number of fused-ring (bicyclic) bond motifs is 2. The smallest absolute Gasteiger partial charge is 0.315 e. The lowest BCUT2D eigenvalue weighted by molar-refractivity contribution is 0.0973. The summed E-state index contributed by atoms with van der Waals surface area (Å²) in [4.78, 5) is 17.6. The second-order valence-electron chi connectivity index (χ2n) is 6.23. The van der Waals surface area contributed by atoms with Crippen molar-refractivity contribution in [2.45, 2.75) is 6.54 Å². The highest BCUT2D eigenvalue weighted by Crippen LogP contribution is 2.35. The molecule has 0 spiro atoms. The first-order chi connectivity index (χ1) is 14.6. The van der Waals surface area contributed by atoms with Gasteiger partial charge in [-0.3, -0.25) is 4.79 Å². The third-order valence-electron chi connectivity index (χ3n) is 4.58. The van der Waals surface area contributed by atoms with Gasteiger partial charge < -0.3 is 23.2 Å². The Bertz CT molecular complexity index is 1370. The Labute approximate surface area is 176 Å². The number of rotatable bonds is 5. The molecule has 0 bridgehead atoms. The van der Waals surface area contributed by atoms with Crippen LogP contribution in [0.3, 0.4) is 0 Å². The zero-order valence-corrected chi connectivity index (χ0v) is 17.4. The Balaban J connectivity index is 1.91. The highest BCUT2D eigenvalue weighted by molar-refractivity contribution is 7.16. The number of amides is 1. The molecule has 0 N–H and O–H groups in total. The standard InChI is InChI=1S/C22H18N2O5S/c1-5-11-24-18-14(26-2)9-10-16(28-4)20(18)30-22(24)23-21(25)17-12-13-7-6-8-15(27-3)19(13)29-17/h1,6-10,12H,11H2,2-4H3. The molecule has 0 saturated carbocycles. The van der Waals surface area contributed by atoms with E-state index in [1.807, 2.05) is 12.1 Å². The van der Waals surface area contributed by atoms with Crippen molar-refractivity contribution in [1.29, 1.82) is 0 Å². The number of aromatic nitrogens is 1.